The van der Waals surface area contributed by atoms with E-state index in [1.165, 1.54) is 37.7 Å². The van der Waals surface area contributed by atoms with E-state index in [1.54, 1.807) is 0 Å². The second-order valence-electron chi connectivity index (χ2n) is 7.25. The summed E-state index contributed by atoms with van der Waals surface area (Å²) in [6.07, 6.45) is 6.47. The molecule has 2 N–H and O–H groups in total. The SMILES string of the molecule is C[C@H](NC(=S)NC1CCCCC1)[C@H](c1ccccc1)N1CCOCC1. The Hall–Kier alpha value is -1.17. The lowest BCUT2D eigenvalue weighted by atomic mass is 9.95. The maximum absolute atomic E-state index is 5.62. The normalized spacial score (nSPS) is 22.1. The fourth-order valence-corrected chi connectivity index (χ4v) is 4.43. The second kappa shape index (κ2) is 9.51. The monoisotopic (exact) mass is 361 g/mol. The van der Waals surface area contributed by atoms with Crippen molar-refractivity contribution in [3.63, 3.8) is 0 Å². The molecular weight excluding hydrogens is 330 g/mol. The smallest absolute Gasteiger partial charge is 0.166 e. The van der Waals surface area contributed by atoms with Gasteiger partial charge in [-0.2, -0.15) is 0 Å². The van der Waals surface area contributed by atoms with Crippen LogP contribution in [0.25, 0.3) is 0 Å². The average Bonchev–Trinajstić information content (AvgIpc) is 2.64. The van der Waals surface area contributed by atoms with Gasteiger partial charge >= 0.3 is 0 Å². The predicted molar refractivity (Wildman–Crippen MR) is 107 cm³/mol. The first-order chi connectivity index (χ1) is 12.2. The topological polar surface area (TPSA) is 36.5 Å². The van der Waals surface area contributed by atoms with Gasteiger partial charge in [0.05, 0.1) is 19.3 Å². The van der Waals surface area contributed by atoms with Crippen LogP contribution < -0.4 is 10.6 Å². The Kier molecular flexibility index (Phi) is 7.08. The Bertz CT molecular complexity index is 527. The van der Waals surface area contributed by atoms with E-state index in [9.17, 15) is 0 Å². The molecule has 2 aliphatic rings. The van der Waals surface area contributed by atoms with E-state index in [4.69, 9.17) is 17.0 Å². The predicted octanol–water partition coefficient (Wildman–Crippen LogP) is 3.25. The summed E-state index contributed by atoms with van der Waals surface area (Å²) in [7, 11) is 0. The maximum atomic E-state index is 5.62. The van der Waals surface area contributed by atoms with Crippen LogP contribution >= 0.6 is 12.2 Å². The van der Waals surface area contributed by atoms with Gasteiger partial charge in [0.1, 0.15) is 0 Å². The highest BCUT2D eigenvalue weighted by Gasteiger charge is 2.28. The van der Waals surface area contributed by atoms with E-state index in [2.05, 4.69) is 52.8 Å². The maximum Gasteiger partial charge on any atom is 0.166 e. The van der Waals surface area contributed by atoms with E-state index in [0.717, 1.165) is 31.4 Å². The number of hydrogen-bond acceptors (Lipinski definition) is 3. The number of hydrogen-bond donors (Lipinski definition) is 2. The molecule has 0 unspecified atom stereocenters. The van der Waals surface area contributed by atoms with Crippen LogP contribution in [-0.2, 0) is 4.74 Å². The lowest BCUT2D eigenvalue weighted by molar-refractivity contribution is 0.0101. The molecule has 1 saturated carbocycles. The van der Waals surface area contributed by atoms with Gasteiger partial charge in [-0.05, 0) is 37.5 Å². The van der Waals surface area contributed by atoms with E-state index >= 15 is 0 Å². The fourth-order valence-electron chi connectivity index (χ4n) is 4.08. The molecule has 0 spiro atoms. The van der Waals surface area contributed by atoms with Crippen LogP contribution in [0.3, 0.4) is 0 Å². The molecule has 0 radical (unpaired) electrons. The van der Waals surface area contributed by atoms with Crippen LogP contribution in [0.4, 0.5) is 0 Å². The minimum absolute atomic E-state index is 0.240. The quantitative estimate of drug-likeness (QED) is 0.788. The molecule has 138 valence electrons. The zero-order valence-electron chi connectivity index (χ0n) is 15.2. The van der Waals surface area contributed by atoms with Crippen LogP contribution in [0.2, 0.25) is 0 Å². The molecule has 1 heterocycles. The third kappa shape index (κ3) is 5.40. The van der Waals surface area contributed by atoms with Gasteiger partial charge in [-0.15, -0.1) is 0 Å². The summed E-state index contributed by atoms with van der Waals surface area (Å²) >= 11 is 5.62. The third-order valence-corrected chi connectivity index (χ3v) is 5.59. The molecule has 1 aromatic carbocycles. The van der Waals surface area contributed by atoms with E-state index in [0.29, 0.717) is 12.1 Å². The Morgan fingerprint density at radius 2 is 1.80 bits per heavy atom. The standard InChI is InChI=1S/C20H31N3OS/c1-16(21-20(25)22-18-10-6-3-7-11-18)19(17-8-4-2-5-9-17)23-12-14-24-15-13-23/h2,4-5,8-9,16,18-19H,3,6-7,10-15H2,1H3,(H2,21,22,25)/t16-,19+/m0/s1. The van der Waals surface area contributed by atoms with E-state index < -0.39 is 0 Å². The number of ether oxygens (including phenoxy) is 1. The van der Waals surface area contributed by atoms with Crippen LogP contribution in [0.15, 0.2) is 30.3 Å². The van der Waals surface area contributed by atoms with E-state index in [-0.39, 0.29) is 6.04 Å². The van der Waals surface area contributed by atoms with Gasteiger partial charge in [0.15, 0.2) is 5.11 Å². The molecular formula is C20H31N3OS. The summed E-state index contributed by atoms with van der Waals surface area (Å²) in [6.45, 7) is 5.78. The minimum Gasteiger partial charge on any atom is -0.379 e. The molecule has 0 bridgehead atoms. The van der Waals surface area contributed by atoms with Crippen molar-refractivity contribution in [1.82, 2.24) is 15.5 Å². The van der Waals surface area contributed by atoms with Crippen molar-refractivity contribution in [2.75, 3.05) is 26.3 Å². The number of benzene rings is 1. The van der Waals surface area contributed by atoms with Crippen LogP contribution in [0, 0.1) is 0 Å². The number of rotatable bonds is 5. The number of nitrogens with one attached hydrogen (secondary N) is 2. The highest BCUT2D eigenvalue weighted by atomic mass is 32.1. The number of thiocarbonyl (C=S) groups is 1. The molecule has 1 saturated heterocycles. The molecule has 5 heteroatoms. The third-order valence-electron chi connectivity index (χ3n) is 5.35. The lowest BCUT2D eigenvalue weighted by Gasteiger charge is -2.39. The molecule has 2 atom stereocenters. The molecule has 4 nitrogen and oxygen atoms in total. The summed E-state index contributed by atoms with van der Waals surface area (Å²) in [5.41, 5.74) is 1.34. The van der Waals surface area contributed by atoms with Crippen LogP contribution in [0.1, 0.15) is 50.6 Å². The Morgan fingerprint density at radius 1 is 1.12 bits per heavy atom. The summed E-state index contributed by atoms with van der Waals surface area (Å²) in [6, 6.07) is 11.8. The average molecular weight is 362 g/mol. The molecule has 1 aliphatic heterocycles. The van der Waals surface area contributed by atoms with Crippen molar-refractivity contribution in [3.8, 4) is 0 Å². The van der Waals surface area contributed by atoms with Gasteiger partial charge in [0.2, 0.25) is 0 Å². The van der Waals surface area contributed by atoms with Crippen molar-refractivity contribution in [2.45, 2.75) is 57.2 Å². The highest BCUT2D eigenvalue weighted by Crippen LogP contribution is 2.25. The molecule has 0 aromatic heterocycles. The first-order valence-electron chi connectivity index (χ1n) is 9.68. The van der Waals surface area contributed by atoms with Crippen molar-refractivity contribution in [2.24, 2.45) is 0 Å². The molecule has 2 fully saturated rings. The molecule has 0 amide bonds. The van der Waals surface area contributed by atoms with Gasteiger partial charge in [0, 0.05) is 25.2 Å². The number of morpholine rings is 1. The molecule has 1 aliphatic carbocycles. The highest BCUT2D eigenvalue weighted by molar-refractivity contribution is 7.80. The Balaban J connectivity index is 1.63. The van der Waals surface area contributed by atoms with Gasteiger partial charge in [-0.3, -0.25) is 4.90 Å². The van der Waals surface area contributed by atoms with Crippen molar-refractivity contribution in [3.05, 3.63) is 35.9 Å². The molecule has 1 aromatic rings. The van der Waals surface area contributed by atoms with Crippen molar-refractivity contribution in [1.29, 1.82) is 0 Å². The Labute approximate surface area is 157 Å². The van der Waals surface area contributed by atoms with E-state index in [1.807, 2.05) is 0 Å². The summed E-state index contributed by atoms with van der Waals surface area (Å²) < 4.78 is 5.55. The largest absolute Gasteiger partial charge is 0.379 e. The van der Waals surface area contributed by atoms with Crippen molar-refractivity contribution < 1.29 is 4.74 Å². The lowest BCUT2D eigenvalue weighted by Crippen LogP contribution is -2.52. The first kappa shape index (κ1) is 18.6. The second-order valence-corrected chi connectivity index (χ2v) is 7.65. The van der Waals surface area contributed by atoms with Crippen LogP contribution in [-0.4, -0.2) is 48.4 Å². The first-order valence-corrected chi connectivity index (χ1v) is 10.1. The molecule has 25 heavy (non-hydrogen) atoms. The summed E-state index contributed by atoms with van der Waals surface area (Å²) in [5, 5.41) is 7.90. The number of nitrogens with zero attached hydrogens (tertiary/aromatic N) is 1. The van der Waals surface area contributed by atoms with Crippen molar-refractivity contribution >= 4 is 17.3 Å². The summed E-state index contributed by atoms with van der Waals surface area (Å²) in [4.78, 5) is 2.51. The van der Waals surface area contributed by atoms with Gasteiger partial charge < -0.3 is 15.4 Å². The fraction of sp³-hybridized carbons (Fsp3) is 0.650. The Morgan fingerprint density at radius 3 is 2.48 bits per heavy atom. The van der Waals surface area contributed by atoms with Crippen LogP contribution in [0.5, 0.6) is 0 Å². The summed E-state index contributed by atoms with van der Waals surface area (Å²) in [5.74, 6) is 0. The minimum atomic E-state index is 0.240. The van der Waals surface area contributed by atoms with Gasteiger partial charge in [-0.1, -0.05) is 49.6 Å². The van der Waals surface area contributed by atoms with Gasteiger partial charge in [-0.25, -0.2) is 0 Å². The molecule has 3 rings (SSSR count). The zero-order chi connectivity index (χ0) is 17.5. The van der Waals surface area contributed by atoms with Gasteiger partial charge in [0.25, 0.3) is 0 Å². The zero-order valence-corrected chi connectivity index (χ0v) is 16.1.